The lowest BCUT2D eigenvalue weighted by Crippen LogP contribution is -2.64. The molecule has 1 saturated heterocycles. The Hall–Kier alpha value is -1.53. The van der Waals surface area contributed by atoms with Crippen LogP contribution in [0.5, 0.6) is 0 Å². The maximum atomic E-state index is 10.2. The van der Waals surface area contributed by atoms with Crippen molar-refractivity contribution < 1.29 is 5.11 Å². The van der Waals surface area contributed by atoms with E-state index in [1.807, 2.05) is 39.0 Å². The number of aliphatic hydroxyl groups is 1. The zero-order valence-corrected chi connectivity index (χ0v) is 10.6. The standard InChI is InChI=1S/C14H18N2O/c1-10(2)14(17)8-16(9-14)13-5-4-12(7-15)11(3)6-13/h4-6,10,17H,8-9H2,1-3H3. The van der Waals surface area contributed by atoms with Crippen LogP contribution < -0.4 is 4.90 Å². The highest BCUT2D eigenvalue weighted by molar-refractivity contribution is 5.56. The molecule has 1 aliphatic rings. The average Bonchev–Trinajstić information content (AvgIpc) is 2.24. The van der Waals surface area contributed by atoms with Gasteiger partial charge in [0, 0.05) is 18.8 Å². The fraction of sp³-hybridized carbons (Fsp3) is 0.500. The van der Waals surface area contributed by atoms with Gasteiger partial charge >= 0.3 is 0 Å². The summed E-state index contributed by atoms with van der Waals surface area (Å²) in [6.45, 7) is 7.38. The van der Waals surface area contributed by atoms with E-state index in [-0.39, 0.29) is 5.92 Å². The molecule has 0 spiro atoms. The molecule has 1 fully saturated rings. The summed E-state index contributed by atoms with van der Waals surface area (Å²) in [5.74, 6) is 0.276. The highest BCUT2D eigenvalue weighted by atomic mass is 16.3. The quantitative estimate of drug-likeness (QED) is 0.846. The lowest BCUT2D eigenvalue weighted by Gasteiger charge is -2.50. The molecule has 0 bridgehead atoms. The smallest absolute Gasteiger partial charge is 0.102 e. The Morgan fingerprint density at radius 1 is 1.41 bits per heavy atom. The zero-order chi connectivity index (χ0) is 12.6. The molecule has 3 heteroatoms. The Morgan fingerprint density at radius 2 is 2.06 bits per heavy atom. The third kappa shape index (κ3) is 2.01. The van der Waals surface area contributed by atoms with Crippen LogP contribution in [-0.2, 0) is 0 Å². The molecule has 1 heterocycles. The van der Waals surface area contributed by atoms with Crippen LogP contribution >= 0.6 is 0 Å². The molecule has 1 aromatic carbocycles. The van der Waals surface area contributed by atoms with Crippen molar-refractivity contribution in [2.24, 2.45) is 5.92 Å². The van der Waals surface area contributed by atoms with Gasteiger partial charge in [-0.15, -0.1) is 0 Å². The third-order valence-corrected chi connectivity index (χ3v) is 3.70. The molecule has 1 aromatic rings. The summed E-state index contributed by atoms with van der Waals surface area (Å²) in [5.41, 5.74) is 2.24. The summed E-state index contributed by atoms with van der Waals surface area (Å²) in [7, 11) is 0. The van der Waals surface area contributed by atoms with Crippen LogP contribution in [0.3, 0.4) is 0 Å². The average molecular weight is 230 g/mol. The second-order valence-corrected chi connectivity index (χ2v) is 5.23. The molecule has 17 heavy (non-hydrogen) atoms. The fourth-order valence-corrected chi connectivity index (χ4v) is 2.13. The van der Waals surface area contributed by atoms with E-state index in [1.54, 1.807) is 0 Å². The summed E-state index contributed by atoms with van der Waals surface area (Å²) < 4.78 is 0. The lowest BCUT2D eigenvalue weighted by molar-refractivity contribution is -0.0300. The van der Waals surface area contributed by atoms with E-state index in [2.05, 4.69) is 11.0 Å². The topological polar surface area (TPSA) is 47.3 Å². The summed E-state index contributed by atoms with van der Waals surface area (Å²) in [4.78, 5) is 2.15. The van der Waals surface area contributed by atoms with Crippen molar-refractivity contribution in [2.45, 2.75) is 26.4 Å². The van der Waals surface area contributed by atoms with Gasteiger partial charge in [-0.3, -0.25) is 0 Å². The molecular weight excluding hydrogens is 212 g/mol. The molecule has 0 atom stereocenters. The van der Waals surface area contributed by atoms with Gasteiger partial charge in [0.2, 0.25) is 0 Å². The molecule has 3 nitrogen and oxygen atoms in total. The maximum Gasteiger partial charge on any atom is 0.102 e. The van der Waals surface area contributed by atoms with Crippen LogP contribution in [0.25, 0.3) is 0 Å². The van der Waals surface area contributed by atoms with Crippen molar-refractivity contribution in [1.29, 1.82) is 5.26 Å². The van der Waals surface area contributed by atoms with Crippen LogP contribution in [0.4, 0.5) is 5.69 Å². The van der Waals surface area contributed by atoms with E-state index < -0.39 is 5.60 Å². The van der Waals surface area contributed by atoms with Crippen LogP contribution in [0.15, 0.2) is 18.2 Å². The van der Waals surface area contributed by atoms with Crippen molar-refractivity contribution in [3.05, 3.63) is 29.3 Å². The van der Waals surface area contributed by atoms with Gasteiger partial charge < -0.3 is 10.0 Å². The minimum Gasteiger partial charge on any atom is -0.386 e. The number of rotatable bonds is 2. The molecule has 90 valence electrons. The van der Waals surface area contributed by atoms with E-state index in [4.69, 9.17) is 5.26 Å². The van der Waals surface area contributed by atoms with E-state index in [0.717, 1.165) is 11.3 Å². The number of hydrogen-bond donors (Lipinski definition) is 1. The Morgan fingerprint density at radius 3 is 2.53 bits per heavy atom. The summed E-state index contributed by atoms with van der Waals surface area (Å²) in [6, 6.07) is 7.97. The molecule has 0 radical (unpaired) electrons. The van der Waals surface area contributed by atoms with Crippen molar-refractivity contribution >= 4 is 5.69 Å². The molecule has 0 saturated carbocycles. The van der Waals surface area contributed by atoms with E-state index in [0.29, 0.717) is 18.7 Å². The van der Waals surface area contributed by atoms with Gasteiger partial charge in [0.05, 0.1) is 11.6 Å². The van der Waals surface area contributed by atoms with E-state index in [9.17, 15) is 5.11 Å². The number of β-amino-alcohol motifs (C(OH)–C–C–N with tert-alkyl or cyclic N) is 1. The molecular formula is C14H18N2O. The molecule has 0 aliphatic carbocycles. The Bertz CT molecular complexity index is 468. The minimum atomic E-state index is -0.554. The second-order valence-electron chi connectivity index (χ2n) is 5.23. The van der Waals surface area contributed by atoms with Gasteiger partial charge in [-0.2, -0.15) is 5.26 Å². The van der Waals surface area contributed by atoms with Gasteiger partial charge in [-0.1, -0.05) is 13.8 Å². The molecule has 2 rings (SSSR count). The third-order valence-electron chi connectivity index (χ3n) is 3.70. The zero-order valence-electron chi connectivity index (χ0n) is 10.6. The van der Waals surface area contributed by atoms with Crippen molar-refractivity contribution in [3.8, 4) is 6.07 Å². The first-order chi connectivity index (χ1) is 7.96. The predicted molar refractivity (Wildman–Crippen MR) is 67.9 cm³/mol. The first-order valence-electron chi connectivity index (χ1n) is 5.94. The number of nitrogens with zero attached hydrogens (tertiary/aromatic N) is 2. The normalized spacial score (nSPS) is 17.8. The monoisotopic (exact) mass is 230 g/mol. The Labute approximate surface area is 102 Å². The van der Waals surface area contributed by atoms with Gasteiger partial charge in [0.25, 0.3) is 0 Å². The second kappa shape index (κ2) is 4.05. The highest BCUT2D eigenvalue weighted by Gasteiger charge is 2.43. The lowest BCUT2D eigenvalue weighted by atomic mass is 9.82. The maximum absolute atomic E-state index is 10.2. The summed E-state index contributed by atoms with van der Waals surface area (Å²) in [6.07, 6.45) is 0. The van der Waals surface area contributed by atoms with Crippen molar-refractivity contribution in [2.75, 3.05) is 18.0 Å². The molecule has 1 aliphatic heterocycles. The number of benzene rings is 1. The van der Waals surface area contributed by atoms with Crippen LogP contribution in [0.1, 0.15) is 25.0 Å². The van der Waals surface area contributed by atoms with E-state index in [1.165, 1.54) is 0 Å². The summed E-state index contributed by atoms with van der Waals surface area (Å²) >= 11 is 0. The van der Waals surface area contributed by atoms with Crippen LogP contribution in [-0.4, -0.2) is 23.8 Å². The molecule has 0 aromatic heterocycles. The first kappa shape index (κ1) is 11.9. The first-order valence-corrected chi connectivity index (χ1v) is 5.94. The van der Waals surface area contributed by atoms with E-state index >= 15 is 0 Å². The number of anilines is 1. The van der Waals surface area contributed by atoms with Crippen LogP contribution in [0.2, 0.25) is 0 Å². The van der Waals surface area contributed by atoms with Crippen molar-refractivity contribution in [1.82, 2.24) is 0 Å². The molecule has 0 unspecified atom stereocenters. The largest absolute Gasteiger partial charge is 0.386 e. The Balaban J connectivity index is 2.13. The molecule has 0 amide bonds. The van der Waals surface area contributed by atoms with Gasteiger partial charge in [-0.25, -0.2) is 0 Å². The predicted octanol–water partition coefficient (Wildman–Crippen LogP) is 2.07. The van der Waals surface area contributed by atoms with Gasteiger partial charge in [-0.05, 0) is 36.6 Å². The van der Waals surface area contributed by atoms with Crippen LogP contribution in [0, 0.1) is 24.2 Å². The van der Waals surface area contributed by atoms with Gasteiger partial charge in [0.15, 0.2) is 0 Å². The molecule has 1 N–H and O–H groups in total. The number of hydrogen-bond acceptors (Lipinski definition) is 3. The minimum absolute atomic E-state index is 0.276. The van der Waals surface area contributed by atoms with Gasteiger partial charge in [0.1, 0.15) is 5.60 Å². The number of aryl methyl sites for hydroxylation is 1. The highest BCUT2D eigenvalue weighted by Crippen LogP contribution is 2.33. The van der Waals surface area contributed by atoms with Crippen molar-refractivity contribution in [3.63, 3.8) is 0 Å². The fourth-order valence-electron chi connectivity index (χ4n) is 2.13. The SMILES string of the molecule is Cc1cc(N2CC(O)(C(C)C)C2)ccc1C#N. The Kier molecular flexibility index (Phi) is 2.84. The number of nitriles is 1. The summed E-state index contributed by atoms with van der Waals surface area (Å²) in [5, 5.41) is 19.1.